The van der Waals surface area contributed by atoms with E-state index in [-0.39, 0.29) is 16.9 Å². The number of hydrogen-bond donors (Lipinski definition) is 0. The Bertz CT molecular complexity index is 2310. The summed E-state index contributed by atoms with van der Waals surface area (Å²) in [6, 6.07) is 26.8. The van der Waals surface area contributed by atoms with Gasteiger partial charge in [0.25, 0.3) is 0 Å². The Hall–Kier alpha value is -4.90. The van der Waals surface area contributed by atoms with Crippen molar-refractivity contribution < 1.29 is 9.47 Å². The van der Waals surface area contributed by atoms with Crippen molar-refractivity contribution in [2.45, 2.75) is 114 Å². The second-order valence-corrected chi connectivity index (χ2v) is 18.8. The monoisotopic (exact) mass is 747 g/mol. The maximum Gasteiger partial charge on any atom is 0.216 e. The first kappa shape index (κ1) is 39.3. The quantitative estimate of drug-likeness (QED) is 0.159. The number of pyridine rings is 1. The van der Waals surface area contributed by atoms with Gasteiger partial charge in [0.05, 0.1) is 17.4 Å². The highest BCUT2D eigenvalue weighted by atomic mass is 16.5. The average molecular weight is 748 g/mol. The van der Waals surface area contributed by atoms with E-state index in [2.05, 4.69) is 175 Å². The summed E-state index contributed by atoms with van der Waals surface area (Å²) in [4.78, 5) is 12.6. The number of aromatic nitrogens is 1. The largest absolute Gasteiger partial charge is 0.475 e. The van der Waals surface area contributed by atoms with E-state index in [0.717, 1.165) is 45.4 Å². The first-order chi connectivity index (χ1) is 26.3. The van der Waals surface area contributed by atoms with Gasteiger partial charge in [0.1, 0.15) is 23.9 Å². The molecule has 3 heterocycles. The molecule has 0 bridgehead atoms. The van der Waals surface area contributed by atoms with Gasteiger partial charge in [-0.15, -0.1) is 0 Å². The van der Waals surface area contributed by atoms with E-state index in [0.29, 0.717) is 30.3 Å². The topological polar surface area (TPSA) is 47.0 Å². The molecule has 0 amide bonds. The molecule has 7 rings (SSSR count). The Balaban J connectivity index is 1.36. The Morgan fingerprint density at radius 3 is 2.05 bits per heavy atom. The Morgan fingerprint density at radius 1 is 0.750 bits per heavy atom. The molecule has 5 aromatic rings. The zero-order valence-electron chi connectivity index (χ0n) is 36.2. The molecule has 0 unspecified atom stereocenters. The lowest BCUT2D eigenvalue weighted by Crippen LogP contribution is -2.33. The summed E-state index contributed by atoms with van der Waals surface area (Å²) in [5.41, 5.74) is 15.1. The number of ether oxygens (including phenoxy) is 2. The van der Waals surface area contributed by atoms with Crippen LogP contribution in [0, 0.1) is 52.4 Å². The average Bonchev–Trinajstić information content (AvgIpc) is 3.56. The SMILES string of the molecule is Cc1cc(Oc2cc(C3=N[C@H](C(C(C)C)C(C)C)CO3)cc(-c3c(C)cc(C)cc3C)c2)cc(N2c3ccc(C(C)(C)C)cc3C(C)(C)c3c(C)ccnc32)c1. The van der Waals surface area contributed by atoms with E-state index in [1.165, 1.54) is 44.5 Å². The molecule has 4 aromatic carbocycles. The number of anilines is 3. The fourth-order valence-corrected chi connectivity index (χ4v) is 9.71. The van der Waals surface area contributed by atoms with E-state index in [1.54, 1.807) is 0 Å². The van der Waals surface area contributed by atoms with Gasteiger partial charge >= 0.3 is 0 Å². The predicted octanol–water partition coefficient (Wildman–Crippen LogP) is 13.6. The smallest absolute Gasteiger partial charge is 0.216 e. The second kappa shape index (κ2) is 14.6. The summed E-state index contributed by atoms with van der Waals surface area (Å²) in [6.45, 7) is 32.2. The maximum absolute atomic E-state index is 6.95. The van der Waals surface area contributed by atoms with Crippen LogP contribution in [0.1, 0.15) is 112 Å². The van der Waals surface area contributed by atoms with Crippen LogP contribution >= 0.6 is 0 Å². The number of fused-ring (bicyclic) bond motifs is 2. The van der Waals surface area contributed by atoms with Gasteiger partial charge in [-0.3, -0.25) is 4.90 Å². The molecule has 2 aliphatic rings. The number of aryl methyl sites for hydroxylation is 5. The van der Waals surface area contributed by atoms with Crippen molar-refractivity contribution in [3.63, 3.8) is 0 Å². The Kier molecular flexibility index (Phi) is 10.2. The zero-order chi connectivity index (χ0) is 40.4. The summed E-state index contributed by atoms with van der Waals surface area (Å²) in [7, 11) is 0. The second-order valence-electron chi connectivity index (χ2n) is 18.8. The molecule has 0 fully saturated rings. The predicted molar refractivity (Wildman–Crippen MR) is 235 cm³/mol. The summed E-state index contributed by atoms with van der Waals surface area (Å²) in [6.07, 6.45) is 1.93. The van der Waals surface area contributed by atoms with Crippen molar-refractivity contribution in [1.82, 2.24) is 4.98 Å². The van der Waals surface area contributed by atoms with E-state index >= 15 is 0 Å². The molecule has 5 nitrogen and oxygen atoms in total. The molecular formula is C51H61N3O2. The first-order valence-electron chi connectivity index (χ1n) is 20.5. The molecule has 292 valence electrons. The number of aliphatic imine (C=N–C) groups is 1. The molecule has 0 spiro atoms. The lowest BCUT2D eigenvalue weighted by Gasteiger charge is -2.42. The highest BCUT2D eigenvalue weighted by Gasteiger charge is 2.40. The third kappa shape index (κ3) is 7.26. The fraction of sp³-hybridized carbons (Fsp3) is 0.412. The molecule has 2 aliphatic heterocycles. The van der Waals surface area contributed by atoms with Crippen LogP contribution in [0.5, 0.6) is 11.5 Å². The third-order valence-corrected chi connectivity index (χ3v) is 12.1. The van der Waals surface area contributed by atoms with Crippen LogP contribution in [0.15, 0.2) is 84.0 Å². The van der Waals surface area contributed by atoms with Crippen molar-refractivity contribution in [1.29, 1.82) is 0 Å². The minimum absolute atomic E-state index is 0.0220. The molecule has 0 aliphatic carbocycles. The standard InChI is InChI=1S/C51H61N3O2/c1-29(2)45(30(3)4)43-28-55-49(53-43)37-23-36(46-34(8)19-31(5)20-35(46)9)24-41(25-37)56-40-22-32(6)21-39(27-40)54-44-16-15-38(50(10,11)12)26-42(44)51(13,14)47-33(7)17-18-52-48(47)54/h15-27,29-30,43,45H,28H2,1-14H3/t43-/m0/s1. The molecule has 1 atom stereocenters. The lowest BCUT2D eigenvalue weighted by molar-refractivity contribution is 0.198. The van der Waals surface area contributed by atoms with Gasteiger partial charge in [0, 0.05) is 28.8 Å². The van der Waals surface area contributed by atoms with Gasteiger partial charge in [0.15, 0.2) is 0 Å². The minimum atomic E-state index is -0.235. The van der Waals surface area contributed by atoms with Crippen molar-refractivity contribution in [3.8, 4) is 22.6 Å². The molecule has 0 saturated heterocycles. The van der Waals surface area contributed by atoms with Crippen LogP contribution in [0.3, 0.4) is 0 Å². The van der Waals surface area contributed by atoms with Crippen LogP contribution in [-0.4, -0.2) is 23.5 Å². The molecule has 5 heteroatoms. The van der Waals surface area contributed by atoms with Crippen LogP contribution in [0.25, 0.3) is 11.1 Å². The van der Waals surface area contributed by atoms with Gasteiger partial charge < -0.3 is 9.47 Å². The maximum atomic E-state index is 6.95. The molecule has 0 radical (unpaired) electrons. The van der Waals surface area contributed by atoms with E-state index in [9.17, 15) is 0 Å². The van der Waals surface area contributed by atoms with Gasteiger partial charge in [-0.05, 0) is 145 Å². The number of rotatable bonds is 8. The molecule has 56 heavy (non-hydrogen) atoms. The Labute approximate surface area is 336 Å². The van der Waals surface area contributed by atoms with Gasteiger partial charge in [-0.1, -0.05) is 92.1 Å². The number of hydrogen-bond acceptors (Lipinski definition) is 5. The van der Waals surface area contributed by atoms with Crippen molar-refractivity contribution in [2.75, 3.05) is 11.5 Å². The van der Waals surface area contributed by atoms with E-state index in [4.69, 9.17) is 19.5 Å². The normalized spacial score (nSPS) is 16.3. The minimum Gasteiger partial charge on any atom is -0.475 e. The van der Waals surface area contributed by atoms with Crippen molar-refractivity contribution in [2.24, 2.45) is 22.7 Å². The van der Waals surface area contributed by atoms with Crippen LogP contribution < -0.4 is 9.64 Å². The van der Waals surface area contributed by atoms with Crippen molar-refractivity contribution >= 4 is 23.1 Å². The third-order valence-electron chi connectivity index (χ3n) is 12.1. The lowest BCUT2D eigenvalue weighted by atomic mass is 9.71. The van der Waals surface area contributed by atoms with E-state index in [1.807, 2.05) is 6.20 Å². The van der Waals surface area contributed by atoms with Crippen LogP contribution in [0.4, 0.5) is 17.2 Å². The van der Waals surface area contributed by atoms with Crippen LogP contribution in [-0.2, 0) is 15.6 Å². The summed E-state index contributed by atoms with van der Waals surface area (Å²) in [5.74, 6) is 4.62. The van der Waals surface area contributed by atoms with Crippen molar-refractivity contribution in [3.05, 3.63) is 129 Å². The molecular weight excluding hydrogens is 687 g/mol. The van der Waals surface area contributed by atoms with E-state index < -0.39 is 0 Å². The first-order valence-corrected chi connectivity index (χ1v) is 20.5. The molecule has 0 saturated carbocycles. The number of benzene rings is 4. The summed E-state index contributed by atoms with van der Waals surface area (Å²) in [5, 5.41) is 0. The Morgan fingerprint density at radius 2 is 1.39 bits per heavy atom. The summed E-state index contributed by atoms with van der Waals surface area (Å²) >= 11 is 0. The highest BCUT2D eigenvalue weighted by molar-refractivity contribution is 5.97. The number of nitrogens with zero attached hydrogens (tertiary/aromatic N) is 3. The molecule has 0 N–H and O–H groups in total. The summed E-state index contributed by atoms with van der Waals surface area (Å²) < 4.78 is 13.4. The fourth-order valence-electron chi connectivity index (χ4n) is 9.71. The zero-order valence-corrected chi connectivity index (χ0v) is 36.2. The van der Waals surface area contributed by atoms with Gasteiger partial charge in [-0.25, -0.2) is 9.98 Å². The van der Waals surface area contributed by atoms with Crippen LogP contribution in [0.2, 0.25) is 0 Å². The molecule has 1 aromatic heterocycles. The highest BCUT2D eigenvalue weighted by Crippen LogP contribution is 2.53. The van der Waals surface area contributed by atoms with Gasteiger partial charge in [-0.2, -0.15) is 0 Å². The van der Waals surface area contributed by atoms with Gasteiger partial charge in [0.2, 0.25) is 5.90 Å².